The first kappa shape index (κ1) is 47.6. The van der Waals surface area contributed by atoms with E-state index in [9.17, 15) is 14.4 Å². The van der Waals surface area contributed by atoms with Crippen molar-refractivity contribution in [3.8, 4) is 0 Å². The lowest BCUT2D eigenvalue weighted by Crippen LogP contribution is -2.30. The fraction of sp³-hybridized carbons (Fsp3) is 0.622. The number of hydrogen-bond acceptors (Lipinski definition) is 6. The van der Waals surface area contributed by atoms with Crippen LogP contribution in [0.15, 0.2) is 85.1 Å². The van der Waals surface area contributed by atoms with Crippen molar-refractivity contribution < 1.29 is 28.6 Å². The molecule has 0 aromatic heterocycles. The fourth-order valence-corrected chi connectivity index (χ4v) is 4.90. The van der Waals surface area contributed by atoms with Gasteiger partial charge < -0.3 is 14.2 Å². The van der Waals surface area contributed by atoms with E-state index in [-0.39, 0.29) is 37.5 Å². The second-order valence-corrected chi connectivity index (χ2v) is 12.9. The van der Waals surface area contributed by atoms with Gasteiger partial charge in [-0.3, -0.25) is 14.4 Å². The van der Waals surface area contributed by atoms with Crippen molar-refractivity contribution >= 4 is 17.9 Å². The monoisotopic (exact) mass is 709 g/mol. The van der Waals surface area contributed by atoms with Gasteiger partial charge in [0.1, 0.15) is 13.2 Å². The average Bonchev–Trinajstić information content (AvgIpc) is 3.12. The summed E-state index contributed by atoms with van der Waals surface area (Å²) in [5.74, 6) is -1.03. The molecule has 0 saturated carbocycles. The summed E-state index contributed by atoms with van der Waals surface area (Å²) in [7, 11) is 0. The topological polar surface area (TPSA) is 78.9 Å². The third kappa shape index (κ3) is 37.7. The highest BCUT2D eigenvalue weighted by atomic mass is 16.6. The van der Waals surface area contributed by atoms with E-state index in [0.29, 0.717) is 19.3 Å². The largest absolute Gasteiger partial charge is 0.462 e. The predicted octanol–water partition coefficient (Wildman–Crippen LogP) is 12.5. The molecule has 1 unspecified atom stereocenters. The zero-order valence-corrected chi connectivity index (χ0v) is 32.6. The molecule has 0 aliphatic heterocycles. The van der Waals surface area contributed by atoms with Gasteiger partial charge in [0, 0.05) is 19.3 Å². The van der Waals surface area contributed by atoms with Gasteiger partial charge in [0.15, 0.2) is 6.10 Å². The van der Waals surface area contributed by atoms with E-state index < -0.39 is 6.10 Å². The Morgan fingerprint density at radius 1 is 0.412 bits per heavy atom. The SMILES string of the molecule is CC\C=C/C=C\C=C/C=C\C=C/CCCC(=O)OCC(COC(=O)CCCCCC/C=C\CCCC)OC(=O)CCCCCC/C=C\CCCC. The lowest BCUT2D eigenvalue weighted by Gasteiger charge is -2.18. The Hall–Kier alpha value is -3.41. The van der Waals surface area contributed by atoms with E-state index in [1.165, 1.54) is 25.7 Å². The molecule has 288 valence electrons. The van der Waals surface area contributed by atoms with Crippen LogP contribution < -0.4 is 0 Å². The van der Waals surface area contributed by atoms with Crippen LogP contribution in [-0.4, -0.2) is 37.2 Å². The molecule has 0 amide bonds. The molecule has 0 spiro atoms. The molecule has 0 rings (SSSR count). The van der Waals surface area contributed by atoms with Crippen LogP contribution in [-0.2, 0) is 28.6 Å². The minimum absolute atomic E-state index is 0.112. The molecule has 6 nitrogen and oxygen atoms in total. The number of esters is 3. The Bertz CT molecular complexity index is 1040. The van der Waals surface area contributed by atoms with Crippen LogP contribution in [0.1, 0.15) is 162 Å². The van der Waals surface area contributed by atoms with Crippen molar-refractivity contribution in [1.29, 1.82) is 0 Å². The lowest BCUT2D eigenvalue weighted by molar-refractivity contribution is -0.167. The number of unbranched alkanes of at least 4 members (excludes halogenated alkanes) is 13. The minimum Gasteiger partial charge on any atom is -0.462 e. The highest BCUT2D eigenvalue weighted by Gasteiger charge is 2.19. The summed E-state index contributed by atoms with van der Waals surface area (Å²) in [4.78, 5) is 37.5. The summed E-state index contributed by atoms with van der Waals surface area (Å²) in [6.07, 6.45) is 48.6. The highest BCUT2D eigenvalue weighted by molar-refractivity contribution is 5.71. The Morgan fingerprint density at radius 3 is 1.29 bits per heavy atom. The van der Waals surface area contributed by atoms with Gasteiger partial charge in [0.25, 0.3) is 0 Å². The number of allylic oxidation sites excluding steroid dienone is 14. The van der Waals surface area contributed by atoms with E-state index in [2.05, 4.69) is 51.2 Å². The van der Waals surface area contributed by atoms with Gasteiger partial charge >= 0.3 is 17.9 Å². The Kier molecular flexibility index (Phi) is 36.7. The third-order valence-electron chi connectivity index (χ3n) is 7.98. The standard InChI is InChI=1S/C45H72O6/c1-4-7-10-13-16-19-22-23-24-27-29-32-35-38-44(47)50-41-42(51-45(48)39-36-33-30-26-21-18-15-12-9-6-3)40-49-43(46)37-34-31-28-25-20-17-14-11-8-5-2/h7,10,13-19,22-24,27,29,42H,4-6,8-9,11-12,20-21,25-26,28,30-41H2,1-3H3/b10-7-,16-13-,17-14-,18-15-,22-19-,24-23-,29-27-. The number of rotatable bonds is 34. The molecule has 0 aromatic rings. The molecular formula is C45H72O6. The van der Waals surface area contributed by atoms with Gasteiger partial charge in [-0.1, -0.05) is 157 Å². The van der Waals surface area contributed by atoms with E-state index in [4.69, 9.17) is 14.2 Å². The average molecular weight is 709 g/mol. The quantitative estimate of drug-likeness (QED) is 0.0218. The molecule has 0 fully saturated rings. The molecule has 0 heterocycles. The Balaban J connectivity index is 4.56. The van der Waals surface area contributed by atoms with E-state index in [0.717, 1.165) is 89.9 Å². The van der Waals surface area contributed by atoms with Crippen LogP contribution in [0.2, 0.25) is 0 Å². The number of carbonyl (C=O) groups is 3. The van der Waals surface area contributed by atoms with Gasteiger partial charge in [-0.2, -0.15) is 0 Å². The molecule has 0 aromatic carbocycles. The predicted molar refractivity (Wildman–Crippen MR) is 214 cm³/mol. The second kappa shape index (κ2) is 39.4. The summed E-state index contributed by atoms with van der Waals surface area (Å²) >= 11 is 0. The normalized spacial score (nSPS) is 12.9. The van der Waals surface area contributed by atoms with E-state index >= 15 is 0 Å². The van der Waals surface area contributed by atoms with Crippen LogP contribution in [0.25, 0.3) is 0 Å². The molecule has 0 bridgehead atoms. The molecule has 0 aliphatic carbocycles. The summed E-state index contributed by atoms with van der Waals surface area (Å²) in [5.41, 5.74) is 0. The number of carbonyl (C=O) groups excluding carboxylic acids is 3. The minimum atomic E-state index is -0.811. The first-order valence-electron chi connectivity index (χ1n) is 20.2. The summed E-state index contributed by atoms with van der Waals surface area (Å²) < 4.78 is 16.5. The summed E-state index contributed by atoms with van der Waals surface area (Å²) in [6.45, 7) is 6.27. The third-order valence-corrected chi connectivity index (χ3v) is 7.98. The molecule has 0 N–H and O–H groups in total. The van der Waals surface area contributed by atoms with Crippen LogP contribution in [0, 0.1) is 0 Å². The van der Waals surface area contributed by atoms with Gasteiger partial charge in [-0.25, -0.2) is 0 Å². The molecule has 1 atom stereocenters. The summed E-state index contributed by atoms with van der Waals surface area (Å²) in [5, 5.41) is 0. The molecular weight excluding hydrogens is 636 g/mol. The fourth-order valence-electron chi connectivity index (χ4n) is 4.90. The van der Waals surface area contributed by atoms with Crippen molar-refractivity contribution in [3.63, 3.8) is 0 Å². The molecule has 0 radical (unpaired) electrons. The zero-order chi connectivity index (χ0) is 37.3. The van der Waals surface area contributed by atoms with E-state index in [1.54, 1.807) is 0 Å². The first-order valence-corrected chi connectivity index (χ1v) is 20.2. The van der Waals surface area contributed by atoms with E-state index in [1.807, 2.05) is 54.7 Å². The Morgan fingerprint density at radius 2 is 0.804 bits per heavy atom. The van der Waals surface area contributed by atoms with Crippen LogP contribution in [0.5, 0.6) is 0 Å². The second-order valence-electron chi connectivity index (χ2n) is 12.9. The van der Waals surface area contributed by atoms with Crippen molar-refractivity contribution in [2.45, 2.75) is 168 Å². The number of hydrogen-bond donors (Lipinski definition) is 0. The highest BCUT2D eigenvalue weighted by Crippen LogP contribution is 2.11. The van der Waals surface area contributed by atoms with Crippen molar-refractivity contribution in [2.75, 3.05) is 13.2 Å². The molecule has 0 aliphatic rings. The van der Waals surface area contributed by atoms with Gasteiger partial charge in [0.2, 0.25) is 0 Å². The van der Waals surface area contributed by atoms with Crippen LogP contribution >= 0.6 is 0 Å². The summed E-state index contributed by atoms with van der Waals surface area (Å²) in [6, 6.07) is 0. The van der Waals surface area contributed by atoms with Crippen LogP contribution in [0.3, 0.4) is 0 Å². The molecule has 6 heteroatoms. The smallest absolute Gasteiger partial charge is 0.306 e. The zero-order valence-electron chi connectivity index (χ0n) is 32.6. The van der Waals surface area contributed by atoms with Crippen molar-refractivity contribution in [1.82, 2.24) is 0 Å². The van der Waals surface area contributed by atoms with Crippen molar-refractivity contribution in [3.05, 3.63) is 85.1 Å². The maximum Gasteiger partial charge on any atom is 0.306 e. The molecule has 0 saturated heterocycles. The van der Waals surface area contributed by atoms with Gasteiger partial charge in [0.05, 0.1) is 0 Å². The molecule has 51 heavy (non-hydrogen) atoms. The maximum atomic E-state index is 12.6. The lowest BCUT2D eigenvalue weighted by atomic mass is 10.1. The first-order chi connectivity index (χ1) is 25.0. The van der Waals surface area contributed by atoms with Gasteiger partial charge in [-0.05, 0) is 70.6 Å². The number of ether oxygens (including phenoxy) is 3. The van der Waals surface area contributed by atoms with Gasteiger partial charge in [-0.15, -0.1) is 0 Å². The van der Waals surface area contributed by atoms with Crippen molar-refractivity contribution in [2.24, 2.45) is 0 Å². The maximum absolute atomic E-state index is 12.6. The van der Waals surface area contributed by atoms with Crippen LogP contribution in [0.4, 0.5) is 0 Å². The Labute approximate surface area is 312 Å².